The maximum atomic E-state index is 12.5. The molecule has 9 nitrogen and oxygen atoms in total. The predicted octanol–water partition coefficient (Wildman–Crippen LogP) is 1.42. The summed E-state index contributed by atoms with van der Waals surface area (Å²) in [6.07, 6.45) is -0.215. The highest BCUT2D eigenvalue weighted by molar-refractivity contribution is 5.75. The highest BCUT2D eigenvalue weighted by Gasteiger charge is 2.38. The second kappa shape index (κ2) is 7.34. The largest absolute Gasteiger partial charge is 0.451 e. The van der Waals surface area contributed by atoms with E-state index in [1.807, 2.05) is 0 Å². The fourth-order valence-corrected chi connectivity index (χ4v) is 3.26. The summed E-state index contributed by atoms with van der Waals surface area (Å²) >= 11 is 0. The number of rotatable bonds is 4. The Hall–Kier alpha value is -2.76. The second-order valence-electron chi connectivity index (χ2n) is 6.84. The molecule has 2 saturated heterocycles. The van der Waals surface area contributed by atoms with Gasteiger partial charge in [0.2, 0.25) is 5.82 Å². The summed E-state index contributed by atoms with van der Waals surface area (Å²) in [5.41, 5.74) is 0.451. The lowest BCUT2D eigenvalue weighted by atomic mass is 10.1. The molecule has 0 bridgehead atoms. The predicted molar refractivity (Wildman–Crippen MR) is 87.9 cm³/mol. The van der Waals surface area contributed by atoms with Gasteiger partial charge in [-0.3, -0.25) is 5.10 Å². The average Bonchev–Trinajstić information content (AvgIpc) is 3.31. The number of carbonyl (C=O) groups is 1. The van der Waals surface area contributed by atoms with Crippen molar-refractivity contribution in [2.75, 3.05) is 26.2 Å². The van der Waals surface area contributed by atoms with Crippen LogP contribution >= 0.6 is 0 Å². The van der Waals surface area contributed by atoms with Gasteiger partial charge in [0.25, 0.3) is 0 Å². The summed E-state index contributed by atoms with van der Waals surface area (Å²) in [4.78, 5) is 26.7. The van der Waals surface area contributed by atoms with Crippen LogP contribution in [0.15, 0.2) is 18.7 Å². The van der Waals surface area contributed by atoms with Gasteiger partial charge in [-0.2, -0.15) is 18.3 Å². The van der Waals surface area contributed by atoms with E-state index in [1.54, 1.807) is 9.80 Å². The van der Waals surface area contributed by atoms with E-state index < -0.39 is 12.0 Å². The van der Waals surface area contributed by atoms with Crippen LogP contribution in [-0.4, -0.2) is 73.3 Å². The molecule has 150 valence electrons. The molecule has 2 fully saturated rings. The molecule has 0 saturated carbocycles. The van der Waals surface area contributed by atoms with Crippen molar-refractivity contribution in [1.82, 2.24) is 34.9 Å². The summed E-state index contributed by atoms with van der Waals surface area (Å²) < 4.78 is 42.9. The van der Waals surface area contributed by atoms with Crippen LogP contribution in [-0.2, 0) is 17.5 Å². The van der Waals surface area contributed by atoms with Crippen molar-refractivity contribution in [3.63, 3.8) is 0 Å². The molecule has 0 aliphatic carbocycles. The molecule has 2 aromatic heterocycles. The van der Waals surface area contributed by atoms with Gasteiger partial charge in [0.15, 0.2) is 0 Å². The number of nitrogens with one attached hydrogen (secondary N) is 1. The standard InChI is InChI=1S/C16H18F3N7O2/c17-16(18,19)14-20-3-10(4-21-14)8-28-12-6-26(7-12)15(27)25-2-1-11(5-25)13-22-9-23-24-13/h3-4,9,11-12H,1-2,5-8H2,(H,22,23,24). The Balaban J connectivity index is 1.20. The highest BCUT2D eigenvalue weighted by Crippen LogP contribution is 2.27. The first-order chi connectivity index (χ1) is 13.4. The number of urea groups is 1. The molecule has 2 amide bonds. The van der Waals surface area contributed by atoms with Crippen LogP contribution in [0.25, 0.3) is 0 Å². The van der Waals surface area contributed by atoms with Crippen LogP contribution in [0.2, 0.25) is 0 Å². The SMILES string of the molecule is O=C(N1CC(OCc2cnc(C(F)(F)F)nc2)C1)N1CCC(c2ncn[nH]2)C1. The van der Waals surface area contributed by atoms with E-state index in [9.17, 15) is 18.0 Å². The minimum atomic E-state index is -4.56. The Bertz CT molecular complexity index is 807. The van der Waals surface area contributed by atoms with Crippen LogP contribution in [0.4, 0.5) is 18.0 Å². The van der Waals surface area contributed by atoms with Crippen molar-refractivity contribution in [2.24, 2.45) is 0 Å². The topological polar surface area (TPSA) is 100 Å². The van der Waals surface area contributed by atoms with Crippen molar-refractivity contribution < 1.29 is 22.7 Å². The number of aromatic nitrogens is 5. The summed E-state index contributed by atoms with van der Waals surface area (Å²) in [6.45, 7) is 2.25. The van der Waals surface area contributed by atoms with Crippen LogP contribution in [0, 0.1) is 0 Å². The van der Waals surface area contributed by atoms with Gasteiger partial charge < -0.3 is 14.5 Å². The molecule has 0 aromatic carbocycles. The molecule has 12 heteroatoms. The number of amides is 2. The quantitative estimate of drug-likeness (QED) is 0.838. The number of nitrogens with zero attached hydrogens (tertiary/aromatic N) is 6. The lowest BCUT2D eigenvalue weighted by Crippen LogP contribution is -2.58. The first kappa shape index (κ1) is 18.6. The van der Waals surface area contributed by atoms with Crippen molar-refractivity contribution in [1.29, 1.82) is 0 Å². The molecular formula is C16H18F3N7O2. The molecule has 1 atom stereocenters. The smallest absolute Gasteiger partial charge is 0.370 e. The highest BCUT2D eigenvalue weighted by atomic mass is 19.4. The monoisotopic (exact) mass is 397 g/mol. The summed E-state index contributed by atoms with van der Waals surface area (Å²) in [5, 5.41) is 6.68. The summed E-state index contributed by atoms with van der Waals surface area (Å²) in [6, 6.07) is -0.0419. The number of alkyl halides is 3. The number of H-pyrrole nitrogens is 1. The molecule has 0 radical (unpaired) electrons. The number of aromatic amines is 1. The molecule has 28 heavy (non-hydrogen) atoms. The van der Waals surface area contributed by atoms with Gasteiger partial charge in [-0.25, -0.2) is 19.7 Å². The van der Waals surface area contributed by atoms with E-state index in [0.29, 0.717) is 31.7 Å². The minimum Gasteiger partial charge on any atom is -0.370 e. The van der Waals surface area contributed by atoms with E-state index in [1.165, 1.54) is 6.33 Å². The number of ether oxygens (including phenoxy) is 1. The van der Waals surface area contributed by atoms with Crippen molar-refractivity contribution in [2.45, 2.75) is 31.2 Å². The number of hydrogen-bond acceptors (Lipinski definition) is 6. The molecule has 4 heterocycles. The third-order valence-corrected chi connectivity index (χ3v) is 4.84. The van der Waals surface area contributed by atoms with Gasteiger partial charge in [-0.1, -0.05) is 0 Å². The van der Waals surface area contributed by atoms with Gasteiger partial charge in [-0.15, -0.1) is 0 Å². The van der Waals surface area contributed by atoms with E-state index >= 15 is 0 Å². The van der Waals surface area contributed by atoms with Gasteiger partial charge in [-0.05, 0) is 6.42 Å². The molecule has 0 spiro atoms. The number of likely N-dealkylation sites (tertiary alicyclic amines) is 2. The van der Waals surface area contributed by atoms with Gasteiger partial charge in [0, 0.05) is 37.0 Å². The summed E-state index contributed by atoms with van der Waals surface area (Å²) in [5.74, 6) is -0.218. The third-order valence-electron chi connectivity index (χ3n) is 4.84. The van der Waals surface area contributed by atoms with E-state index in [2.05, 4.69) is 25.1 Å². The average molecular weight is 397 g/mol. The number of hydrogen-bond donors (Lipinski definition) is 1. The number of halogens is 3. The van der Waals surface area contributed by atoms with Crippen LogP contribution < -0.4 is 0 Å². The Morgan fingerprint density at radius 1 is 1.18 bits per heavy atom. The normalized spacial score (nSPS) is 20.5. The molecular weight excluding hydrogens is 379 g/mol. The second-order valence-corrected chi connectivity index (χ2v) is 6.84. The molecule has 2 aromatic rings. The zero-order valence-corrected chi connectivity index (χ0v) is 14.8. The van der Waals surface area contributed by atoms with Crippen LogP contribution in [0.1, 0.15) is 29.6 Å². The van der Waals surface area contributed by atoms with E-state index in [-0.39, 0.29) is 24.7 Å². The summed E-state index contributed by atoms with van der Waals surface area (Å²) in [7, 11) is 0. The van der Waals surface area contributed by atoms with Gasteiger partial charge in [0.05, 0.1) is 25.8 Å². The fourth-order valence-electron chi connectivity index (χ4n) is 3.26. The zero-order valence-electron chi connectivity index (χ0n) is 14.8. The van der Waals surface area contributed by atoms with Gasteiger partial charge in [0.1, 0.15) is 12.2 Å². The Labute approximate surface area is 157 Å². The van der Waals surface area contributed by atoms with E-state index in [0.717, 1.165) is 24.6 Å². The molecule has 1 N–H and O–H groups in total. The first-order valence-electron chi connectivity index (χ1n) is 8.79. The van der Waals surface area contributed by atoms with Crippen molar-refractivity contribution >= 4 is 6.03 Å². The Morgan fingerprint density at radius 3 is 2.57 bits per heavy atom. The van der Waals surface area contributed by atoms with Crippen LogP contribution in [0.5, 0.6) is 0 Å². The zero-order chi connectivity index (χ0) is 19.7. The lowest BCUT2D eigenvalue weighted by Gasteiger charge is -2.40. The first-order valence-corrected chi connectivity index (χ1v) is 8.79. The Morgan fingerprint density at radius 2 is 1.93 bits per heavy atom. The van der Waals surface area contributed by atoms with E-state index in [4.69, 9.17) is 4.74 Å². The minimum absolute atomic E-state index is 0.0419. The van der Waals surface area contributed by atoms with Crippen molar-refractivity contribution in [3.05, 3.63) is 35.9 Å². The van der Waals surface area contributed by atoms with Crippen LogP contribution in [0.3, 0.4) is 0 Å². The van der Waals surface area contributed by atoms with Gasteiger partial charge >= 0.3 is 12.2 Å². The molecule has 1 unspecified atom stereocenters. The molecule has 2 aliphatic rings. The maximum Gasteiger partial charge on any atom is 0.451 e. The molecule has 4 rings (SSSR count). The van der Waals surface area contributed by atoms with Crippen molar-refractivity contribution in [3.8, 4) is 0 Å². The number of carbonyl (C=O) groups excluding carboxylic acids is 1. The third kappa shape index (κ3) is 3.91. The Kier molecular flexibility index (Phi) is 4.87. The maximum absolute atomic E-state index is 12.5. The lowest BCUT2D eigenvalue weighted by molar-refractivity contribution is -0.145. The fraction of sp³-hybridized carbons (Fsp3) is 0.562. The molecule has 2 aliphatic heterocycles.